The van der Waals surface area contributed by atoms with Crippen molar-refractivity contribution in [1.82, 2.24) is 4.90 Å². The van der Waals surface area contributed by atoms with Gasteiger partial charge in [0, 0.05) is 25.4 Å². The quantitative estimate of drug-likeness (QED) is 0.213. The second-order valence-electron chi connectivity index (χ2n) is 12.0. The van der Waals surface area contributed by atoms with Crippen LogP contribution in [-0.2, 0) is 23.9 Å². The number of carbonyl (C=O) groups is 3. The Bertz CT molecular complexity index is 1370. The highest BCUT2D eigenvalue weighted by Gasteiger charge is 2.80. The average molecular weight is 575 g/mol. The summed E-state index contributed by atoms with van der Waals surface area (Å²) in [6.45, 7) is 12.3. The van der Waals surface area contributed by atoms with Crippen LogP contribution in [0.3, 0.4) is 0 Å². The minimum absolute atomic E-state index is 0.0137. The topological polar surface area (TPSA) is 96.4 Å². The molecule has 3 unspecified atom stereocenters. The molecule has 2 aromatic carbocycles. The molecule has 1 N–H and O–H groups in total. The molecule has 3 aliphatic rings. The number of rotatable bonds is 13. The van der Waals surface area contributed by atoms with Crippen LogP contribution in [-0.4, -0.2) is 71.3 Å². The number of fused-ring (bicyclic) bond motifs is 2. The van der Waals surface area contributed by atoms with E-state index in [2.05, 4.69) is 13.2 Å². The van der Waals surface area contributed by atoms with Crippen molar-refractivity contribution in [1.29, 1.82) is 0 Å². The van der Waals surface area contributed by atoms with Crippen molar-refractivity contribution in [3.63, 3.8) is 0 Å². The van der Waals surface area contributed by atoms with Gasteiger partial charge in [-0.3, -0.25) is 14.4 Å². The van der Waals surface area contributed by atoms with Gasteiger partial charge in [-0.15, -0.1) is 13.2 Å². The Morgan fingerprint density at radius 1 is 1.14 bits per heavy atom. The summed E-state index contributed by atoms with van der Waals surface area (Å²) in [5.41, 5.74) is -1.40. The molecule has 1 spiro atoms. The van der Waals surface area contributed by atoms with Crippen molar-refractivity contribution in [3.8, 4) is 0 Å². The Morgan fingerprint density at radius 3 is 2.62 bits per heavy atom. The largest absolute Gasteiger partial charge is 0.465 e. The predicted octanol–water partition coefficient (Wildman–Crippen LogP) is 4.65. The van der Waals surface area contributed by atoms with Crippen molar-refractivity contribution in [2.24, 2.45) is 17.8 Å². The zero-order valence-corrected chi connectivity index (χ0v) is 24.7. The Morgan fingerprint density at radius 2 is 1.90 bits per heavy atom. The van der Waals surface area contributed by atoms with Crippen molar-refractivity contribution >= 4 is 34.2 Å². The lowest BCUT2D eigenvalue weighted by Crippen LogP contribution is -2.57. The first kappa shape index (κ1) is 30.0. The second-order valence-corrected chi connectivity index (χ2v) is 12.0. The van der Waals surface area contributed by atoms with Gasteiger partial charge in [-0.05, 0) is 67.9 Å². The number of hydrogen-bond acceptors (Lipinski definition) is 6. The lowest BCUT2D eigenvalue weighted by Gasteiger charge is -2.37. The molecular formula is C34H42N2O6. The summed E-state index contributed by atoms with van der Waals surface area (Å²) in [7, 11) is 0. The molecule has 8 heteroatoms. The summed E-state index contributed by atoms with van der Waals surface area (Å²) < 4.78 is 12.5. The molecule has 2 amide bonds. The third-order valence-corrected chi connectivity index (χ3v) is 9.53. The first-order valence-corrected chi connectivity index (χ1v) is 15.0. The van der Waals surface area contributed by atoms with Gasteiger partial charge in [0.1, 0.15) is 17.6 Å². The number of esters is 1. The minimum Gasteiger partial charge on any atom is -0.465 e. The summed E-state index contributed by atoms with van der Waals surface area (Å²) in [5.74, 6) is -2.68. The van der Waals surface area contributed by atoms with Crippen LogP contribution in [0, 0.1) is 17.8 Å². The van der Waals surface area contributed by atoms with Crippen LogP contribution in [0.25, 0.3) is 10.8 Å². The molecule has 0 aromatic heterocycles. The van der Waals surface area contributed by atoms with Gasteiger partial charge in [-0.25, -0.2) is 0 Å². The van der Waals surface area contributed by atoms with E-state index < -0.39 is 35.0 Å². The number of ether oxygens (including phenoxy) is 2. The molecule has 8 nitrogen and oxygen atoms in total. The number of aliphatic hydroxyl groups excluding tert-OH is 1. The van der Waals surface area contributed by atoms with Gasteiger partial charge >= 0.3 is 5.97 Å². The lowest BCUT2D eigenvalue weighted by molar-refractivity contribution is -0.161. The number of benzene rings is 2. The summed E-state index contributed by atoms with van der Waals surface area (Å²) in [4.78, 5) is 45.9. The number of nitrogens with zero attached hydrogens (tertiary/aromatic N) is 2. The molecule has 2 bridgehead atoms. The van der Waals surface area contributed by atoms with Gasteiger partial charge in [0.05, 0.1) is 18.1 Å². The molecule has 42 heavy (non-hydrogen) atoms. The van der Waals surface area contributed by atoms with E-state index in [9.17, 15) is 19.5 Å². The molecular weight excluding hydrogens is 532 g/mol. The van der Waals surface area contributed by atoms with E-state index in [-0.39, 0.29) is 44.0 Å². The fourth-order valence-corrected chi connectivity index (χ4v) is 7.45. The van der Waals surface area contributed by atoms with Crippen LogP contribution in [0.2, 0.25) is 0 Å². The molecule has 0 aliphatic carbocycles. The van der Waals surface area contributed by atoms with Crippen molar-refractivity contribution in [2.75, 3.05) is 31.2 Å². The van der Waals surface area contributed by atoms with Crippen LogP contribution in [0.15, 0.2) is 67.8 Å². The zero-order chi connectivity index (χ0) is 30.1. The van der Waals surface area contributed by atoms with E-state index in [0.717, 1.165) is 17.2 Å². The summed E-state index contributed by atoms with van der Waals surface area (Å²) in [6.07, 6.45) is 6.32. The number of anilines is 1. The van der Waals surface area contributed by atoms with Crippen LogP contribution >= 0.6 is 0 Å². The van der Waals surface area contributed by atoms with Gasteiger partial charge in [-0.2, -0.15) is 0 Å². The third-order valence-electron chi connectivity index (χ3n) is 9.53. The number of hydrogen-bond donors (Lipinski definition) is 1. The lowest BCUT2D eigenvalue weighted by atomic mass is 9.62. The molecule has 3 saturated heterocycles. The highest BCUT2D eigenvalue weighted by atomic mass is 16.6. The highest BCUT2D eigenvalue weighted by molar-refractivity contribution is 6.05. The number of likely N-dealkylation sites (tertiary alicyclic amines) is 1. The molecule has 2 aromatic rings. The smallest absolute Gasteiger partial charge is 0.312 e. The van der Waals surface area contributed by atoms with Crippen LogP contribution in [0.1, 0.15) is 46.0 Å². The van der Waals surface area contributed by atoms with Gasteiger partial charge < -0.3 is 24.4 Å². The van der Waals surface area contributed by atoms with Crippen LogP contribution in [0.5, 0.6) is 0 Å². The number of allylic oxidation sites excluding steroid dienone is 1. The first-order valence-electron chi connectivity index (χ1n) is 15.0. The van der Waals surface area contributed by atoms with Crippen LogP contribution < -0.4 is 4.90 Å². The van der Waals surface area contributed by atoms with Crippen molar-refractivity contribution in [3.05, 3.63) is 67.8 Å². The van der Waals surface area contributed by atoms with Gasteiger partial charge in [-0.1, -0.05) is 49.4 Å². The van der Waals surface area contributed by atoms with E-state index in [4.69, 9.17) is 9.47 Å². The summed E-state index contributed by atoms with van der Waals surface area (Å²) in [6, 6.07) is 12.9. The Labute approximate surface area is 248 Å². The van der Waals surface area contributed by atoms with Gasteiger partial charge in [0.15, 0.2) is 0 Å². The zero-order valence-electron chi connectivity index (χ0n) is 24.7. The highest BCUT2D eigenvalue weighted by Crippen LogP contribution is 2.65. The number of amides is 2. The summed E-state index contributed by atoms with van der Waals surface area (Å²) >= 11 is 0. The maximum atomic E-state index is 14.7. The fourth-order valence-electron chi connectivity index (χ4n) is 7.45. The van der Waals surface area contributed by atoms with Gasteiger partial charge in [0.25, 0.3) is 5.91 Å². The van der Waals surface area contributed by atoms with Crippen molar-refractivity contribution < 1.29 is 29.0 Å². The van der Waals surface area contributed by atoms with Gasteiger partial charge in [0.2, 0.25) is 5.91 Å². The predicted molar refractivity (Wildman–Crippen MR) is 162 cm³/mol. The summed E-state index contributed by atoms with van der Waals surface area (Å²) in [5, 5.41) is 11.5. The Kier molecular flexibility index (Phi) is 8.58. The van der Waals surface area contributed by atoms with Crippen molar-refractivity contribution in [2.45, 2.75) is 63.2 Å². The minimum atomic E-state index is -1.16. The monoisotopic (exact) mass is 574 g/mol. The van der Waals surface area contributed by atoms with E-state index in [1.165, 1.54) is 0 Å². The number of carbonyl (C=O) groups excluding carboxylic acids is 3. The first-order chi connectivity index (χ1) is 20.2. The maximum absolute atomic E-state index is 14.7. The van der Waals surface area contributed by atoms with E-state index in [1.54, 1.807) is 22.0 Å². The Balaban J connectivity index is 1.55. The SMILES string of the molecule is C=CCCCOC(=O)[C@@H]1[C@H]2C(=O)N(CCCCO)C(C(=O)N(CC=C)c3ccc4ccccc4c3)C23CC(C)[C@@]1(C)O3. The molecule has 0 saturated carbocycles. The molecule has 224 valence electrons. The third kappa shape index (κ3) is 4.84. The molecule has 3 aliphatic heterocycles. The maximum Gasteiger partial charge on any atom is 0.312 e. The number of unbranched alkanes of at least 4 members (excludes halogenated alkanes) is 2. The molecule has 6 atom stereocenters. The second kappa shape index (κ2) is 12.0. The fraction of sp³-hybridized carbons (Fsp3) is 0.500. The number of aliphatic hydroxyl groups is 1. The molecule has 3 fully saturated rings. The van der Waals surface area contributed by atoms with E-state index >= 15 is 0 Å². The van der Waals surface area contributed by atoms with E-state index in [0.29, 0.717) is 31.4 Å². The standard InChI is InChI=1S/C34H42N2O6/c1-5-7-12-20-41-32(40)28-27-30(38)36(18-10-11-19-37)29(34(27)22-23(3)33(28,4)42-34)31(39)35(17-6-2)26-16-15-24-13-8-9-14-25(24)21-26/h5-6,8-9,13-16,21,23,27-29,37H,1-2,7,10-12,17-20,22H2,3-4H3/t23?,27-,28-,29?,33+,34?/m0/s1. The van der Waals surface area contributed by atoms with Crippen LogP contribution in [0.4, 0.5) is 5.69 Å². The molecule has 3 heterocycles. The normalized spacial score (nSPS) is 29.5. The average Bonchev–Trinajstić information content (AvgIpc) is 3.50. The molecule has 5 rings (SSSR count). The van der Waals surface area contributed by atoms with E-state index in [1.807, 2.05) is 56.3 Å². The molecule has 0 radical (unpaired) electrons. The Hall–Kier alpha value is -3.49.